The lowest BCUT2D eigenvalue weighted by atomic mass is 10.1. The van der Waals surface area contributed by atoms with Crippen molar-refractivity contribution >= 4 is 27.5 Å². The van der Waals surface area contributed by atoms with E-state index in [9.17, 15) is 18.0 Å². The number of nitrogens with zero attached hydrogens (tertiary/aromatic N) is 1. The van der Waals surface area contributed by atoms with Crippen LogP contribution in [0.2, 0.25) is 0 Å². The first kappa shape index (κ1) is 22.8. The van der Waals surface area contributed by atoms with Crippen LogP contribution in [0.15, 0.2) is 47.4 Å². The van der Waals surface area contributed by atoms with Crippen LogP contribution in [0.4, 0.5) is 5.69 Å². The normalized spacial score (nSPS) is 15.8. The smallest absolute Gasteiger partial charge is 0.265 e. The predicted molar refractivity (Wildman–Crippen MR) is 117 cm³/mol. The standard InChI is InChI=1S/C22H27N3O5S/c1-15-6-11-19(21(23)26)20(14-15)30-16(2)22(27)24-17-7-9-18(10-8-17)31(28,29)25-12-4-3-5-13-25/h6-11,14,16H,3-5,12-13H2,1-2H3,(H2,23,26)(H,24,27). The summed E-state index contributed by atoms with van der Waals surface area (Å²) < 4.78 is 32.6. The second-order valence-corrected chi connectivity index (χ2v) is 9.54. The zero-order chi connectivity index (χ0) is 22.6. The summed E-state index contributed by atoms with van der Waals surface area (Å²) in [5, 5.41) is 2.69. The number of sulfonamides is 1. The first-order valence-corrected chi connectivity index (χ1v) is 11.6. The summed E-state index contributed by atoms with van der Waals surface area (Å²) in [6, 6.07) is 11.0. The van der Waals surface area contributed by atoms with Crippen molar-refractivity contribution in [2.75, 3.05) is 18.4 Å². The van der Waals surface area contributed by atoms with Gasteiger partial charge in [0.25, 0.3) is 11.8 Å². The Bertz CT molecular complexity index is 1060. The summed E-state index contributed by atoms with van der Waals surface area (Å²) in [5.74, 6) is -0.852. The van der Waals surface area contributed by atoms with Gasteiger partial charge in [0, 0.05) is 18.8 Å². The van der Waals surface area contributed by atoms with Crippen LogP contribution in [0.1, 0.15) is 42.1 Å². The Kier molecular flexibility index (Phi) is 6.97. The van der Waals surface area contributed by atoms with E-state index in [1.807, 2.05) is 6.92 Å². The Morgan fingerprint density at radius 3 is 2.32 bits per heavy atom. The van der Waals surface area contributed by atoms with Crippen LogP contribution < -0.4 is 15.8 Å². The van der Waals surface area contributed by atoms with Crippen molar-refractivity contribution in [3.8, 4) is 5.75 Å². The van der Waals surface area contributed by atoms with Crippen LogP contribution in [-0.2, 0) is 14.8 Å². The molecule has 9 heteroatoms. The molecular formula is C22H27N3O5S. The number of nitrogens with two attached hydrogens (primary N) is 1. The number of primary amides is 1. The van der Waals surface area contributed by atoms with Crippen molar-refractivity contribution in [1.29, 1.82) is 0 Å². The number of aryl methyl sites for hydroxylation is 1. The molecule has 0 aliphatic carbocycles. The number of anilines is 1. The third-order valence-electron chi connectivity index (χ3n) is 5.15. The van der Waals surface area contributed by atoms with E-state index in [0.717, 1.165) is 24.8 Å². The van der Waals surface area contributed by atoms with Gasteiger partial charge in [-0.05, 0) is 68.7 Å². The summed E-state index contributed by atoms with van der Waals surface area (Å²) in [6.45, 7) is 4.45. The lowest BCUT2D eigenvalue weighted by Gasteiger charge is -2.25. The quantitative estimate of drug-likeness (QED) is 0.679. The first-order chi connectivity index (χ1) is 14.7. The topological polar surface area (TPSA) is 119 Å². The van der Waals surface area contributed by atoms with E-state index in [2.05, 4.69) is 5.32 Å². The number of benzene rings is 2. The third kappa shape index (κ3) is 5.42. The number of nitrogens with one attached hydrogen (secondary N) is 1. The Balaban J connectivity index is 1.67. The fourth-order valence-corrected chi connectivity index (χ4v) is 4.90. The summed E-state index contributed by atoms with van der Waals surface area (Å²) in [6.07, 6.45) is 1.87. The molecule has 2 aromatic carbocycles. The highest BCUT2D eigenvalue weighted by Crippen LogP contribution is 2.23. The number of rotatable bonds is 7. The maximum absolute atomic E-state index is 12.7. The molecule has 1 unspecified atom stereocenters. The number of carbonyl (C=O) groups excluding carboxylic acids is 2. The van der Waals surface area contributed by atoms with Gasteiger partial charge < -0.3 is 15.8 Å². The van der Waals surface area contributed by atoms with E-state index in [1.54, 1.807) is 37.3 Å². The Hall–Kier alpha value is -2.91. The van der Waals surface area contributed by atoms with Gasteiger partial charge in [0.05, 0.1) is 10.5 Å². The molecule has 0 aromatic heterocycles. The summed E-state index contributed by atoms with van der Waals surface area (Å²) in [5.41, 5.74) is 6.86. The fourth-order valence-electron chi connectivity index (χ4n) is 3.38. The molecule has 0 bridgehead atoms. The molecule has 2 aromatic rings. The molecule has 0 spiro atoms. The van der Waals surface area contributed by atoms with Crippen molar-refractivity contribution in [3.63, 3.8) is 0 Å². The van der Waals surface area contributed by atoms with Crippen LogP contribution in [0.25, 0.3) is 0 Å². The van der Waals surface area contributed by atoms with Gasteiger partial charge in [0.2, 0.25) is 10.0 Å². The molecule has 3 N–H and O–H groups in total. The van der Waals surface area contributed by atoms with Gasteiger partial charge in [-0.25, -0.2) is 8.42 Å². The monoisotopic (exact) mass is 445 g/mol. The van der Waals surface area contributed by atoms with E-state index in [4.69, 9.17) is 10.5 Å². The molecule has 1 saturated heterocycles. The Morgan fingerprint density at radius 2 is 1.71 bits per heavy atom. The molecule has 1 atom stereocenters. The zero-order valence-corrected chi connectivity index (χ0v) is 18.4. The van der Waals surface area contributed by atoms with Gasteiger partial charge >= 0.3 is 0 Å². The van der Waals surface area contributed by atoms with Gasteiger partial charge in [-0.2, -0.15) is 4.31 Å². The molecule has 1 heterocycles. The summed E-state index contributed by atoms with van der Waals surface area (Å²) >= 11 is 0. The minimum absolute atomic E-state index is 0.192. The second kappa shape index (κ2) is 9.49. The van der Waals surface area contributed by atoms with Gasteiger partial charge in [-0.15, -0.1) is 0 Å². The maximum Gasteiger partial charge on any atom is 0.265 e. The van der Waals surface area contributed by atoms with Crippen LogP contribution in [0.3, 0.4) is 0 Å². The number of amides is 2. The highest BCUT2D eigenvalue weighted by molar-refractivity contribution is 7.89. The summed E-state index contributed by atoms with van der Waals surface area (Å²) in [7, 11) is -3.53. The first-order valence-electron chi connectivity index (χ1n) is 10.2. The highest BCUT2D eigenvalue weighted by Gasteiger charge is 2.26. The van der Waals surface area contributed by atoms with Crippen molar-refractivity contribution in [2.45, 2.75) is 44.1 Å². The van der Waals surface area contributed by atoms with Crippen LogP contribution in [0.5, 0.6) is 5.75 Å². The highest BCUT2D eigenvalue weighted by atomic mass is 32.2. The molecule has 1 fully saturated rings. The molecule has 0 radical (unpaired) electrons. The second-order valence-electron chi connectivity index (χ2n) is 7.60. The summed E-state index contributed by atoms with van der Waals surface area (Å²) in [4.78, 5) is 24.3. The third-order valence-corrected chi connectivity index (χ3v) is 7.06. The van der Waals surface area contributed by atoms with Crippen molar-refractivity contribution in [1.82, 2.24) is 4.31 Å². The molecule has 3 rings (SSSR count). The average Bonchev–Trinajstić information content (AvgIpc) is 2.74. The van der Waals surface area contributed by atoms with Crippen molar-refractivity contribution < 1.29 is 22.7 Å². The van der Waals surface area contributed by atoms with E-state index in [1.165, 1.54) is 16.4 Å². The molecule has 1 aliphatic rings. The van der Waals surface area contributed by atoms with Crippen molar-refractivity contribution in [3.05, 3.63) is 53.6 Å². The Morgan fingerprint density at radius 1 is 1.06 bits per heavy atom. The van der Waals surface area contributed by atoms with Gasteiger partial charge in [0.15, 0.2) is 6.10 Å². The zero-order valence-electron chi connectivity index (χ0n) is 17.6. The van der Waals surface area contributed by atoms with Crippen LogP contribution in [-0.4, -0.2) is 43.7 Å². The number of carbonyl (C=O) groups is 2. The molecule has 2 amide bonds. The molecule has 0 saturated carbocycles. The van der Waals surface area contributed by atoms with E-state index < -0.39 is 27.9 Å². The largest absolute Gasteiger partial charge is 0.480 e. The van der Waals surface area contributed by atoms with E-state index >= 15 is 0 Å². The van der Waals surface area contributed by atoms with Gasteiger partial charge in [-0.1, -0.05) is 12.5 Å². The average molecular weight is 446 g/mol. The minimum Gasteiger partial charge on any atom is -0.480 e. The predicted octanol–water partition coefficient (Wildman–Crippen LogP) is 2.67. The molecule has 1 aliphatic heterocycles. The molecule has 166 valence electrons. The van der Waals surface area contributed by atoms with Crippen molar-refractivity contribution in [2.24, 2.45) is 5.73 Å². The Labute approximate surface area is 182 Å². The fraction of sp³-hybridized carbons (Fsp3) is 0.364. The molecular weight excluding hydrogens is 418 g/mol. The van der Waals surface area contributed by atoms with Crippen LogP contribution >= 0.6 is 0 Å². The number of hydrogen-bond donors (Lipinski definition) is 2. The van der Waals surface area contributed by atoms with E-state index in [-0.39, 0.29) is 16.2 Å². The van der Waals surface area contributed by atoms with Crippen LogP contribution in [0, 0.1) is 6.92 Å². The van der Waals surface area contributed by atoms with Gasteiger partial charge in [0.1, 0.15) is 5.75 Å². The number of piperidine rings is 1. The van der Waals surface area contributed by atoms with E-state index in [0.29, 0.717) is 18.8 Å². The lowest BCUT2D eigenvalue weighted by Crippen LogP contribution is -2.35. The number of ether oxygens (including phenoxy) is 1. The number of hydrogen-bond acceptors (Lipinski definition) is 5. The molecule has 31 heavy (non-hydrogen) atoms. The van der Waals surface area contributed by atoms with Gasteiger partial charge in [-0.3, -0.25) is 9.59 Å². The maximum atomic E-state index is 12.7. The molecule has 8 nitrogen and oxygen atoms in total. The lowest BCUT2D eigenvalue weighted by molar-refractivity contribution is -0.122. The SMILES string of the molecule is Cc1ccc(C(N)=O)c(OC(C)C(=O)Nc2ccc(S(=O)(=O)N3CCCCC3)cc2)c1. The minimum atomic E-state index is -3.53.